The molecule has 0 atom stereocenters. The molecule has 0 spiro atoms. The third-order valence-corrected chi connectivity index (χ3v) is 4.71. The van der Waals surface area contributed by atoms with Crippen molar-refractivity contribution in [2.45, 2.75) is 6.42 Å². The topological polar surface area (TPSA) is 84.2 Å². The Morgan fingerprint density at radius 1 is 1.15 bits per heavy atom. The van der Waals surface area contributed by atoms with Crippen molar-refractivity contribution in [1.82, 2.24) is 9.97 Å². The summed E-state index contributed by atoms with van der Waals surface area (Å²) in [7, 11) is 0. The van der Waals surface area contributed by atoms with E-state index in [0.717, 1.165) is 22.1 Å². The molecule has 3 aromatic rings. The number of anilines is 4. The summed E-state index contributed by atoms with van der Waals surface area (Å²) in [5.74, 6) is 0.468. The zero-order valence-corrected chi connectivity index (χ0v) is 15.2. The van der Waals surface area contributed by atoms with Gasteiger partial charge in [-0.3, -0.25) is 10.1 Å². The van der Waals surface area contributed by atoms with E-state index in [1.165, 1.54) is 6.33 Å². The second kappa shape index (κ2) is 6.72. The first-order valence-electron chi connectivity index (χ1n) is 8.01. The van der Waals surface area contributed by atoms with Crippen LogP contribution in [0, 0.1) is 10.1 Å². The van der Waals surface area contributed by atoms with Crippen LogP contribution in [-0.2, 0) is 6.42 Å². The zero-order chi connectivity index (χ0) is 18.1. The molecule has 4 rings (SSSR count). The van der Waals surface area contributed by atoms with E-state index in [1.807, 2.05) is 53.4 Å². The maximum Gasteiger partial charge on any atom is 0.354 e. The quantitative estimate of drug-likeness (QED) is 0.499. The fourth-order valence-corrected chi connectivity index (χ4v) is 3.49. The third kappa shape index (κ3) is 2.99. The molecule has 0 saturated carbocycles. The van der Waals surface area contributed by atoms with Crippen LogP contribution < -0.4 is 10.2 Å². The second-order valence-corrected chi connectivity index (χ2v) is 6.73. The van der Waals surface area contributed by atoms with Crippen LogP contribution in [0.2, 0.25) is 0 Å². The van der Waals surface area contributed by atoms with Crippen molar-refractivity contribution in [2.24, 2.45) is 0 Å². The summed E-state index contributed by atoms with van der Waals surface area (Å²) >= 11 is 3.39. The van der Waals surface area contributed by atoms with Gasteiger partial charge in [-0.25, -0.2) is 9.97 Å². The van der Waals surface area contributed by atoms with Gasteiger partial charge in [-0.15, -0.1) is 0 Å². The lowest BCUT2D eigenvalue weighted by Crippen LogP contribution is -2.17. The Labute approximate surface area is 158 Å². The van der Waals surface area contributed by atoms with E-state index in [1.54, 1.807) is 0 Å². The van der Waals surface area contributed by atoms with Crippen molar-refractivity contribution >= 4 is 44.6 Å². The van der Waals surface area contributed by atoms with Crippen molar-refractivity contribution in [3.05, 3.63) is 75.0 Å². The molecule has 2 aromatic carbocycles. The van der Waals surface area contributed by atoms with Crippen molar-refractivity contribution in [2.75, 3.05) is 16.8 Å². The molecule has 0 saturated heterocycles. The average Bonchev–Trinajstić information content (AvgIpc) is 3.05. The number of nitrogens with one attached hydrogen (secondary N) is 1. The smallest absolute Gasteiger partial charge is 0.334 e. The molecule has 26 heavy (non-hydrogen) atoms. The molecular formula is C18H14BrN5O2. The fraction of sp³-hybridized carbons (Fsp3) is 0.111. The van der Waals surface area contributed by atoms with Crippen molar-refractivity contribution in [3.8, 4) is 0 Å². The van der Waals surface area contributed by atoms with Crippen LogP contribution in [0.25, 0.3) is 0 Å². The Morgan fingerprint density at radius 2 is 2.00 bits per heavy atom. The number of hydrogen-bond donors (Lipinski definition) is 1. The van der Waals surface area contributed by atoms with Crippen molar-refractivity contribution in [1.29, 1.82) is 0 Å². The number of nitrogens with zero attached hydrogens (tertiary/aromatic N) is 4. The number of rotatable bonds is 4. The van der Waals surface area contributed by atoms with Gasteiger partial charge in [0, 0.05) is 22.4 Å². The fourth-order valence-electron chi connectivity index (χ4n) is 3.09. The van der Waals surface area contributed by atoms with E-state index in [4.69, 9.17) is 0 Å². The Kier molecular flexibility index (Phi) is 4.26. The molecule has 2 heterocycles. The maximum absolute atomic E-state index is 11.8. The normalized spacial score (nSPS) is 12.7. The van der Waals surface area contributed by atoms with E-state index in [9.17, 15) is 10.1 Å². The van der Waals surface area contributed by atoms with Crippen molar-refractivity contribution < 1.29 is 4.92 Å². The van der Waals surface area contributed by atoms with Crippen LogP contribution in [0.4, 0.5) is 28.7 Å². The first kappa shape index (κ1) is 16.5. The number of para-hydroxylation sites is 1. The second-order valence-electron chi connectivity index (χ2n) is 5.82. The molecule has 0 radical (unpaired) electrons. The Bertz CT molecular complexity index is 995. The van der Waals surface area contributed by atoms with E-state index >= 15 is 0 Å². The standard InChI is InChI=1S/C18H14BrN5O2/c19-13-5-3-6-14(10-13)22-17-16(24(25)26)18(21-11-20-17)23-9-8-12-4-1-2-7-15(12)23/h1-7,10-11H,8-9H2,(H,20,21,22). The molecule has 0 fully saturated rings. The van der Waals surface area contributed by atoms with Gasteiger partial charge in [0.1, 0.15) is 6.33 Å². The van der Waals surface area contributed by atoms with Gasteiger partial charge in [-0.2, -0.15) is 0 Å². The lowest BCUT2D eigenvalue weighted by molar-refractivity contribution is -0.383. The minimum absolute atomic E-state index is 0.135. The number of halogens is 1. The average molecular weight is 412 g/mol. The number of aromatic nitrogens is 2. The third-order valence-electron chi connectivity index (χ3n) is 4.22. The molecule has 7 nitrogen and oxygen atoms in total. The van der Waals surface area contributed by atoms with Gasteiger partial charge >= 0.3 is 5.69 Å². The van der Waals surface area contributed by atoms with Gasteiger partial charge in [0.25, 0.3) is 0 Å². The van der Waals surface area contributed by atoms with Gasteiger partial charge in [0.2, 0.25) is 11.6 Å². The van der Waals surface area contributed by atoms with Gasteiger partial charge < -0.3 is 10.2 Å². The van der Waals surface area contributed by atoms with Crippen LogP contribution in [0.1, 0.15) is 5.56 Å². The lowest BCUT2D eigenvalue weighted by atomic mass is 10.2. The van der Waals surface area contributed by atoms with Crippen LogP contribution in [-0.4, -0.2) is 21.4 Å². The summed E-state index contributed by atoms with van der Waals surface area (Å²) < 4.78 is 0.868. The molecule has 0 amide bonds. The molecule has 1 aliphatic heterocycles. The summed E-state index contributed by atoms with van der Waals surface area (Å²) in [6.45, 7) is 0.646. The molecule has 130 valence electrons. The predicted molar refractivity (Wildman–Crippen MR) is 103 cm³/mol. The van der Waals surface area contributed by atoms with Gasteiger partial charge in [0.05, 0.1) is 4.92 Å². The van der Waals surface area contributed by atoms with Crippen LogP contribution >= 0.6 is 15.9 Å². The molecule has 1 aliphatic rings. The molecule has 0 unspecified atom stereocenters. The van der Waals surface area contributed by atoms with E-state index in [-0.39, 0.29) is 11.5 Å². The SMILES string of the molecule is O=[N+]([O-])c1c(Nc2cccc(Br)c2)ncnc1N1CCc2ccccc21. The number of benzene rings is 2. The maximum atomic E-state index is 11.8. The summed E-state index contributed by atoms with van der Waals surface area (Å²) in [6.07, 6.45) is 2.18. The molecular weight excluding hydrogens is 398 g/mol. The summed E-state index contributed by atoms with van der Waals surface area (Å²) in [6, 6.07) is 15.3. The summed E-state index contributed by atoms with van der Waals surface area (Å²) in [5, 5.41) is 14.9. The van der Waals surface area contributed by atoms with Gasteiger partial charge in [0.15, 0.2) is 0 Å². The lowest BCUT2D eigenvalue weighted by Gasteiger charge is -2.19. The molecule has 8 heteroatoms. The van der Waals surface area contributed by atoms with E-state index in [0.29, 0.717) is 18.1 Å². The van der Waals surface area contributed by atoms with Crippen LogP contribution in [0.3, 0.4) is 0 Å². The number of fused-ring (bicyclic) bond motifs is 1. The van der Waals surface area contributed by atoms with Gasteiger partial charge in [-0.1, -0.05) is 40.2 Å². The van der Waals surface area contributed by atoms with Crippen LogP contribution in [0.15, 0.2) is 59.3 Å². The van der Waals surface area contributed by atoms with Crippen LogP contribution in [0.5, 0.6) is 0 Å². The highest BCUT2D eigenvalue weighted by Gasteiger charge is 2.31. The number of hydrogen-bond acceptors (Lipinski definition) is 6. The zero-order valence-electron chi connectivity index (χ0n) is 13.6. The molecule has 0 aliphatic carbocycles. The first-order valence-corrected chi connectivity index (χ1v) is 8.80. The summed E-state index contributed by atoms with van der Waals surface area (Å²) in [5.41, 5.74) is 2.67. The van der Waals surface area contributed by atoms with Crippen molar-refractivity contribution in [3.63, 3.8) is 0 Å². The highest BCUT2D eigenvalue weighted by atomic mass is 79.9. The Hall–Kier alpha value is -3.00. The highest BCUT2D eigenvalue weighted by molar-refractivity contribution is 9.10. The Balaban J connectivity index is 1.78. The monoisotopic (exact) mass is 411 g/mol. The Morgan fingerprint density at radius 3 is 2.81 bits per heavy atom. The largest absolute Gasteiger partial charge is 0.354 e. The number of nitro groups is 1. The minimum Gasteiger partial charge on any atom is -0.334 e. The molecule has 0 bridgehead atoms. The van der Waals surface area contributed by atoms with E-state index < -0.39 is 4.92 Å². The van der Waals surface area contributed by atoms with E-state index in [2.05, 4.69) is 31.2 Å². The molecule has 1 N–H and O–H groups in total. The molecule has 1 aromatic heterocycles. The predicted octanol–water partition coefficient (Wildman–Crippen LogP) is 4.59. The minimum atomic E-state index is -0.434. The summed E-state index contributed by atoms with van der Waals surface area (Å²) in [4.78, 5) is 21.6. The highest BCUT2D eigenvalue weighted by Crippen LogP contribution is 2.40. The van der Waals surface area contributed by atoms with Gasteiger partial charge in [-0.05, 0) is 36.2 Å². The first-order chi connectivity index (χ1) is 12.6.